The van der Waals surface area contributed by atoms with E-state index in [1.807, 2.05) is 32.9 Å². The molecule has 1 saturated heterocycles. The van der Waals surface area contributed by atoms with Crippen molar-refractivity contribution in [3.63, 3.8) is 0 Å². The first-order chi connectivity index (χ1) is 14.7. The highest BCUT2D eigenvalue weighted by Crippen LogP contribution is 2.34. The average Bonchev–Trinajstić information content (AvgIpc) is 3.34. The molecule has 1 N–H and O–H groups in total. The number of benzene rings is 1. The molecule has 8 heteroatoms. The highest BCUT2D eigenvalue weighted by molar-refractivity contribution is 6.31. The highest BCUT2D eigenvalue weighted by atomic mass is 35.5. The Hall–Kier alpha value is -2.28. The number of fused-ring (bicyclic) bond motifs is 1. The molecule has 1 aliphatic heterocycles. The molecule has 168 valence electrons. The summed E-state index contributed by atoms with van der Waals surface area (Å²) in [4.78, 5) is 31.2. The van der Waals surface area contributed by atoms with Gasteiger partial charge in [0.15, 0.2) is 11.5 Å². The van der Waals surface area contributed by atoms with E-state index in [1.54, 1.807) is 11.0 Å². The molecule has 1 aromatic carbocycles. The summed E-state index contributed by atoms with van der Waals surface area (Å²) in [5.41, 5.74) is 1.01. The molecule has 1 atom stereocenters. The monoisotopic (exact) mass is 447 g/mol. The summed E-state index contributed by atoms with van der Waals surface area (Å²) in [7, 11) is 0. The van der Waals surface area contributed by atoms with Gasteiger partial charge in [0.1, 0.15) is 11.1 Å². The van der Waals surface area contributed by atoms with Gasteiger partial charge < -0.3 is 19.4 Å². The Kier molecular flexibility index (Phi) is 6.15. The second-order valence-electron chi connectivity index (χ2n) is 9.63. The number of amides is 2. The fraction of sp³-hybridized carbons (Fsp3) is 0.609. The molecule has 2 fully saturated rings. The number of rotatable bonds is 3. The maximum absolute atomic E-state index is 12.7. The summed E-state index contributed by atoms with van der Waals surface area (Å²) in [5.74, 6) is 0.873. The van der Waals surface area contributed by atoms with Crippen LogP contribution in [0, 0.1) is 5.92 Å². The molecule has 2 aliphatic rings. The smallest absolute Gasteiger partial charge is 0.410 e. The number of halogens is 1. The number of likely N-dealkylation sites (tertiary alicyclic amines) is 1. The van der Waals surface area contributed by atoms with Crippen LogP contribution in [0.25, 0.3) is 11.1 Å². The van der Waals surface area contributed by atoms with Crippen molar-refractivity contribution in [3.05, 3.63) is 29.1 Å². The highest BCUT2D eigenvalue weighted by Gasteiger charge is 2.35. The van der Waals surface area contributed by atoms with Gasteiger partial charge in [-0.2, -0.15) is 0 Å². The van der Waals surface area contributed by atoms with Crippen molar-refractivity contribution in [1.29, 1.82) is 0 Å². The SMILES string of the molecule is CC(C)(C)OC(=O)N1CCC(C(=O)NC2CCC(c3nc4cc(Cl)ccc4o3)CC2)C1. The number of ether oxygens (including phenoxy) is 1. The van der Waals surface area contributed by atoms with Crippen LogP contribution in [0.5, 0.6) is 0 Å². The summed E-state index contributed by atoms with van der Waals surface area (Å²) in [6, 6.07) is 5.62. The first kappa shape index (κ1) is 21.9. The Labute approximate surface area is 187 Å². The topological polar surface area (TPSA) is 84.7 Å². The van der Waals surface area contributed by atoms with E-state index in [1.165, 1.54) is 0 Å². The van der Waals surface area contributed by atoms with Crippen LogP contribution in [0.3, 0.4) is 0 Å². The lowest BCUT2D eigenvalue weighted by atomic mass is 9.85. The molecule has 7 nitrogen and oxygen atoms in total. The van der Waals surface area contributed by atoms with Gasteiger partial charge in [-0.3, -0.25) is 4.79 Å². The lowest BCUT2D eigenvalue weighted by Crippen LogP contribution is -2.42. The molecule has 1 aliphatic carbocycles. The third-order valence-electron chi connectivity index (χ3n) is 6.00. The third-order valence-corrected chi connectivity index (χ3v) is 6.23. The summed E-state index contributed by atoms with van der Waals surface area (Å²) in [6.07, 6.45) is 3.94. The molecule has 1 saturated carbocycles. The molecule has 2 heterocycles. The maximum Gasteiger partial charge on any atom is 0.410 e. The van der Waals surface area contributed by atoms with E-state index in [9.17, 15) is 9.59 Å². The number of oxazole rings is 1. The minimum atomic E-state index is -0.531. The average molecular weight is 448 g/mol. The van der Waals surface area contributed by atoms with Crippen molar-refractivity contribution in [2.45, 2.75) is 70.4 Å². The molecule has 0 spiro atoms. The second-order valence-corrected chi connectivity index (χ2v) is 10.1. The van der Waals surface area contributed by atoms with Crippen molar-refractivity contribution in [2.75, 3.05) is 13.1 Å². The lowest BCUT2D eigenvalue weighted by Gasteiger charge is -2.28. The predicted octanol–water partition coefficient (Wildman–Crippen LogP) is 4.88. The number of hydrogen-bond donors (Lipinski definition) is 1. The van der Waals surface area contributed by atoms with Gasteiger partial charge in [0.05, 0.1) is 5.92 Å². The number of nitrogens with zero attached hydrogens (tertiary/aromatic N) is 2. The van der Waals surface area contributed by atoms with E-state index < -0.39 is 5.60 Å². The largest absolute Gasteiger partial charge is 0.444 e. The van der Waals surface area contributed by atoms with Gasteiger partial charge >= 0.3 is 6.09 Å². The van der Waals surface area contributed by atoms with Gasteiger partial charge in [-0.05, 0) is 71.1 Å². The van der Waals surface area contributed by atoms with Crippen molar-refractivity contribution in [3.8, 4) is 0 Å². The summed E-state index contributed by atoms with van der Waals surface area (Å²) in [6.45, 7) is 6.51. The van der Waals surface area contributed by atoms with E-state index >= 15 is 0 Å². The molecular formula is C23H30ClN3O4. The zero-order valence-corrected chi connectivity index (χ0v) is 19.1. The molecule has 0 bridgehead atoms. The quantitative estimate of drug-likeness (QED) is 0.724. The summed E-state index contributed by atoms with van der Waals surface area (Å²) in [5, 5.41) is 3.84. The molecule has 0 radical (unpaired) electrons. The molecule has 2 aromatic rings. The lowest BCUT2D eigenvalue weighted by molar-refractivity contribution is -0.125. The fourth-order valence-corrected chi connectivity index (χ4v) is 4.53. The number of nitrogens with one attached hydrogen (secondary N) is 1. The zero-order valence-electron chi connectivity index (χ0n) is 18.3. The third kappa shape index (κ3) is 5.32. The normalized spacial score (nSPS) is 24.4. The number of carbonyl (C=O) groups is 2. The maximum atomic E-state index is 12.7. The van der Waals surface area contributed by atoms with Crippen molar-refractivity contribution in [2.24, 2.45) is 5.92 Å². The minimum absolute atomic E-state index is 0.0333. The first-order valence-electron chi connectivity index (χ1n) is 11.0. The number of aromatic nitrogens is 1. The Morgan fingerprint density at radius 1 is 1.19 bits per heavy atom. The van der Waals surface area contributed by atoms with E-state index in [2.05, 4.69) is 10.3 Å². The van der Waals surface area contributed by atoms with Crippen molar-refractivity contribution >= 4 is 34.7 Å². The second kappa shape index (κ2) is 8.69. The van der Waals surface area contributed by atoms with E-state index in [4.69, 9.17) is 20.8 Å². The van der Waals surface area contributed by atoms with Crippen molar-refractivity contribution < 1.29 is 18.7 Å². The van der Waals surface area contributed by atoms with Crippen LogP contribution in [0.1, 0.15) is 64.7 Å². The van der Waals surface area contributed by atoms with E-state index in [-0.39, 0.29) is 29.9 Å². The van der Waals surface area contributed by atoms with Crippen LogP contribution in [0.15, 0.2) is 22.6 Å². The van der Waals surface area contributed by atoms with Gasteiger partial charge in [0.25, 0.3) is 0 Å². The Bertz CT molecular complexity index is 959. The van der Waals surface area contributed by atoms with Gasteiger partial charge in [-0.15, -0.1) is 0 Å². The molecule has 1 unspecified atom stereocenters. The Morgan fingerprint density at radius 3 is 2.65 bits per heavy atom. The van der Waals surface area contributed by atoms with Crippen LogP contribution in [-0.4, -0.2) is 46.6 Å². The first-order valence-corrected chi connectivity index (χ1v) is 11.4. The minimum Gasteiger partial charge on any atom is -0.444 e. The molecule has 2 amide bonds. The molecule has 4 rings (SSSR count). The van der Waals surface area contributed by atoms with E-state index in [0.717, 1.165) is 42.7 Å². The van der Waals surface area contributed by atoms with E-state index in [0.29, 0.717) is 24.5 Å². The van der Waals surface area contributed by atoms with Crippen LogP contribution in [0.4, 0.5) is 4.79 Å². The molecular weight excluding hydrogens is 418 g/mol. The van der Waals surface area contributed by atoms with Crippen LogP contribution in [0.2, 0.25) is 5.02 Å². The Morgan fingerprint density at radius 2 is 1.94 bits per heavy atom. The summed E-state index contributed by atoms with van der Waals surface area (Å²) >= 11 is 6.04. The van der Waals surface area contributed by atoms with Crippen LogP contribution in [-0.2, 0) is 9.53 Å². The van der Waals surface area contributed by atoms with Crippen LogP contribution >= 0.6 is 11.6 Å². The fourth-order valence-electron chi connectivity index (χ4n) is 4.36. The van der Waals surface area contributed by atoms with Gasteiger partial charge in [-0.25, -0.2) is 9.78 Å². The predicted molar refractivity (Wildman–Crippen MR) is 118 cm³/mol. The standard InChI is InChI=1S/C23H30ClN3O4/c1-23(2,3)31-22(29)27-11-10-15(13-27)20(28)25-17-7-4-14(5-8-17)21-26-18-12-16(24)6-9-19(18)30-21/h6,9,12,14-15,17H,4-5,7-8,10-11,13H2,1-3H3,(H,25,28). The zero-order chi connectivity index (χ0) is 22.2. The summed E-state index contributed by atoms with van der Waals surface area (Å²) < 4.78 is 11.3. The molecule has 31 heavy (non-hydrogen) atoms. The van der Waals surface area contributed by atoms with Gasteiger partial charge in [-0.1, -0.05) is 11.6 Å². The van der Waals surface area contributed by atoms with Gasteiger partial charge in [0.2, 0.25) is 5.91 Å². The Balaban J connectivity index is 1.26. The van der Waals surface area contributed by atoms with Crippen LogP contribution < -0.4 is 5.32 Å². The molecule has 1 aromatic heterocycles. The number of hydrogen-bond acceptors (Lipinski definition) is 5. The number of carbonyl (C=O) groups excluding carboxylic acids is 2. The van der Waals surface area contributed by atoms with Gasteiger partial charge in [0, 0.05) is 30.1 Å². The van der Waals surface area contributed by atoms with Crippen molar-refractivity contribution in [1.82, 2.24) is 15.2 Å².